The Labute approximate surface area is 110 Å². The van der Waals surface area contributed by atoms with Crippen molar-refractivity contribution in [3.05, 3.63) is 0 Å². The van der Waals surface area contributed by atoms with Crippen LogP contribution >= 0.6 is 0 Å². The van der Waals surface area contributed by atoms with Crippen LogP contribution in [0.5, 0.6) is 0 Å². The summed E-state index contributed by atoms with van der Waals surface area (Å²) in [5.41, 5.74) is 0. The van der Waals surface area contributed by atoms with Crippen molar-refractivity contribution in [2.24, 2.45) is 11.8 Å². The van der Waals surface area contributed by atoms with Crippen LogP contribution < -0.4 is 5.32 Å². The first kappa shape index (κ1) is 15.0. The summed E-state index contributed by atoms with van der Waals surface area (Å²) >= 11 is 0. The summed E-state index contributed by atoms with van der Waals surface area (Å²) in [7, 11) is 0. The number of carbonyl (C=O) groups excluding carboxylic acids is 2. The Balaban J connectivity index is 2.56. The lowest BCUT2D eigenvalue weighted by atomic mass is 9.96. The number of nitrogens with zero attached hydrogens (tertiary/aromatic N) is 1. The van der Waals surface area contributed by atoms with Crippen molar-refractivity contribution >= 4 is 11.8 Å². The molecule has 0 spiro atoms. The molecule has 0 bridgehead atoms. The molecule has 4 heteroatoms. The van der Waals surface area contributed by atoms with Crippen molar-refractivity contribution in [1.29, 1.82) is 0 Å². The number of hydrogen-bond donors (Lipinski definition) is 1. The van der Waals surface area contributed by atoms with Crippen LogP contribution in [0.4, 0.5) is 0 Å². The van der Waals surface area contributed by atoms with Gasteiger partial charge in [0.15, 0.2) is 0 Å². The zero-order chi connectivity index (χ0) is 13.7. The molecule has 1 heterocycles. The van der Waals surface area contributed by atoms with Gasteiger partial charge in [-0.1, -0.05) is 34.1 Å². The van der Waals surface area contributed by atoms with Crippen LogP contribution in [-0.4, -0.2) is 35.8 Å². The molecule has 1 saturated heterocycles. The molecular weight excluding hydrogens is 228 g/mol. The fourth-order valence-electron chi connectivity index (χ4n) is 2.23. The van der Waals surface area contributed by atoms with E-state index in [4.69, 9.17) is 0 Å². The lowest BCUT2D eigenvalue weighted by Gasteiger charge is -2.35. The summed E-state index contributed by atoms with van der Waals surface area (Å²) in [6.07, 6.45) is 2.97. The fourth-order valence-corrected chi connectivity index (χ4v) is 2.23. The molecule has 0 aromatic carbocycles. The van der Waals surface area contributed by atoms with Gasteiger partial charge < -0.3 is 10.2 Å². The van der Waals surface area contributed by atoms with Crippen molar-refractivity contribution in [2.75, 3.05) is 13.1 Å². The van der Waals surface area contributed by atoms with Gasteiger partial charge >= 0.3 is 0 Å². The van der Waals surface area contributed by atoms with Crippen molar-refractivity contribution < 1.29 is 9.59 Å². The molecule has 1 fully saturated rings. The maximum Gasteiger partial charge on any atom is 0.245 e. The number of piperazine rings is 1. The number of hydrogen-bond acceptors (Lipinski definition) is 2. The Kier molecular flexibility index (Phi) is 5.63. The average molecular weight is 254 g/mol. The van der Waals surface area contributed by atoms with Gasteiger partial charge in [0, 0.05) is 6.54 Å². The van der Waals surface area contributed by atoms with Gasteiger partial charge in [0.25, 0.3) is 0 Å². The molecule has 0 saturated carbocycles. The Morgan fingerprint density at radius 3 is 2.56 bits per heavy atom. The normalized spacial score (nSPS) is 22.3. The zero-order valence-electron chi connectivity index (χ0n) is 12.0. The molecule has 2 amide bonds. The van der Waals surface area contributed by atoms with E-state index in [9.17, 15) is 9.59 Å². The minimum Gasteiger partial charge on any atom is -0.342 e. The van der Waals surface area contributed by atoms with Gasteiger partial charge in [0.05, 0.1) is 6.54 Å². The fraction of sp³-hybridized carbons (Fsp3) is 0.857. The average Bonchev–Trinajstić information content (AvgIpc) is 2.31. The van der Waals surface area contributed by atoms with Crippen LogP contribution in [0.1, 0.15) is 47.0 Å². The molecule has 104 valence electrons. The maximum atomic E-state index is 12.3. The number of rotatable bonds is 6. The number of amides is 2. The third-order valence-electron chi connectivity index (χ3n) is 3.65. The molecule has 0 radical (unpaired) electrons. The molecule has 1 N–H and O–H groups in total. The molecule has 18 heavy (non-hydrogen) atoms. The first-order valence-electron chi connectivity index (χ1n) is 7.03. The molecule has 2 atom stereocenters. The smallest absolute Gasteiger partial charge is 0.245 e. The van der Waals surface area contributed by atoms with Crippen molar-refractivity contribution in [3.63, 3.8) is 0 Å². The summed E-state index contributed by atoms with van der Waals surface area (Å²) < 4.78 is 0. The molecule has 0 aliphatic carbocycles. The van der Waals surface area contributed by atoms with Crippen LogP contribution in [0.15, 0.2) is 0 Å². The van der Waals surface area contributed by atoms with Gasteiger partial charge in [-0.3, -0.25) is 9.59 Å². The topological polar surface area (TPSA) is 49.4 Å². The van der Waals surface area contributed by atoms with E-state index in [2.05, 4.69) is 19.2 Å². The summed E-state index contributed by atoms with van der Waals surface area (Å²) in [5, 5.41) is 2.82. The molecular formula is C14H26N2O2. The van der Waals surface area contributed by atoms with Crippen LogP contribution in [0.2, 0.25) is 0 Å². The lowest BCUT2D eigenvalue weighted by Crippen LogP contribution is -2.60. The highest BCUT2D eigenvalue weighted by molar-refractivity contribution is 5.94. The largest absolute Gasteiger partial charge is 0.342 e. The molecule has 2 unspecified atom stereocenters. The first-order valence-corrected chi connectivity index (χ1v) is 7.03. The summed E-state index contributed by atoms with van der Waals surface area (Å²) in [6.45, 7) is 9.34. The summed E-state index contributed by atoms with van der Waals surface area (Å²) in [4.78, 5) is 25.6. The summed E-state index contributed by atoms with van der Waals surface area (Å²) in [6, 6.07) is -0.324. The molecule has 1 aliphatic rings. The Hall–Kier alpha value is -1.06. The van der Waals surface area contributed by atoms with Gasteiger partial charge in [-0.05, 0) is 24.7 Å². The number of carbonyl (C=O) groups is 2. The highest BCUT2D eigenvalue weighted by Crippen LogP contribution is 2.15. The summed E-state index contributed by atoms with van der Waals surface area (Å²) in [5.74, 6) is 0.913. The molecule has 1 rings (SSSR count). The standard InChI is InChI=1S/C14H26N2O2/c1-5-11(4)13-14(18)16(9-12(17)15-13)8-6-7-10(2)3/h10-11,13H,5-9H2,1-4H3,(H,15,17). The van der Waals surface area contributed by atoms with E-state index in [1.165, 1.54) is 0 Å². The van der Waals surface area contributed by atoms with E-state index >= 15 is 0 Å². The van der Waals surface area contributed by atoms with Gasteiger partial charge in [0.2, 0.25) is 11.8 Å². The van der Waals surface area contributed by atoms with E-state index < -0.39 is 0 Å². The molecule has 0 aromatic rings. The van der Waals surface area contributed by atoms with Crippen LogP contribution in [-0.2, 0) is 9.59 Å². The van der Waals surface area contributed by atoms with Crippen molar-refractivity contribution in [3.8, 4) is 0 Å². The number of nitrogens with one attached hydrogen (secondary N) is 1. The SMILES string of the molecule is CCC(C)C1NC(=O)CN(CCCC(C)C)C1=O. The maximum absolute atomic E-state index is 12.3. The van der Waals surface area contributed by atoms with Gasteiger partial charge in [0.1, 0.15) is 6.04 Å². The van der Waals surface area contributed by atoms with Gasteiger partial charge in [-0.25, -0.2) is 0 Å². The van der Waals surface area contributed by atoms with E-state index in [1.807, 2.05) is 13.8 Å². The van der Waals surface area contributed by atoms with E-state index in [1.54, 1.807) is 4.90 Å². The van der Waals surface area contributed by atoms with Crippen LogP contribution in [0, 0.1) is 11.8 Å². The van der Waals surface area contributed by atoms with Crippen LogP contribution in [0.25, 0.3) is 0 Å². The first-order chi connectivity index (χ1) is 8.45. The van der Waals surface area contributed by atoms with Crippen molar-refractivity contribution in [1.82, 2.24) is 10.2 Å². The van der Waals surface area contributed by atoms with E-state index in [0.29, 0.717) is 12.5 Å². The third-order valence-corrected chi connectivity index (χ3v) is 3.65. The second kappa shape index (κ2) is 6.76. The Bertz CT molecular complexity index is 302. The minimum atomic E-state index is -0.324. The highest BCUT2D eigenvalue weighted by Gasteiger charge is 2.34. The Morgan fingerprint density at radius 2 is 2.00 bits per heavy atom. The molecule has 1 aliphatic heterocycles. The van der Waals surface area contributed by atoms with Gasteiger partial charge in [-0.15, -0.1) is 0 Å². The predicted octanol–water partition coefficient (Wildman–Crippen LogP) is 1.80. The third kappa shape index (κ3) is 4.00. The lowest BCUT2D eigenvalue weighted by molar-refractivity contribution is -0.145. The monoisotopic (exact) mass is 254 g/mol. The van der Waals surface area contributed by atoms with Crippen LogP contribution in [0.3, 0.4) is 0 Å². The zero-order valence-corrected chi connectivity index (χ0v) is 12.0. The Morgan fingerprint density at radius 1 is 1.33 bits per heavy atom. The molecule has 4 nitrogen and oxygen atoms in total. The molecule has 0 aromatic heterocycles. The van der Waals surface area contributed by atoms with Crippen molar-refractivity contribution in [2.45, 2.75) is 53.0 Å². The highest BCUT2D eigenvalue weighted by atomic mass is 16.2. The van der Waals surface area contributed by atoms with E-state index in [-0.39, 0.29) is 30.3 Å². The minimum absolute atomic E-state index is 0.0237. The quantitative estimate of drug-likeness (QED) is 0.785. The van der Waals surface area contributed by atoms with Gasteiger partial charge in [-0.2, -0.15) is 0 Å². The second-order valence-corrected chi connectivity index (χ2v) is 5.73. The predicted molar refractivity (Wildman–Crippen MR) is 72.0 cm³/mol. The van der Waals surface area contributed by atoms with E-state index in [0.717, 1.165) is 19.3 Å². The second-order valence-electron chi connectivity index (χ2n) is 5.73.